The zero-order valence-corrected chi connectivity index (χ0v) is 13.4. The van der Waals surface area contributed by atoms with Crippen molar-refractivity contribution in [2.75, 3.05) is 13.7 Å². The standard InChI is InChI=1S/C14H21ClN2O2.ClH/c1-3-4-5-11(9-16)17-14(18)12-7-6-10(15)8-13(12)19-2;/h6-8,11H,3-5,9,16H2,1-2H3,(H,17,18);1H. The SMILES string of the molecule is CCCCC(CN)NC(=O)c1ccc(Cl)cc1OC.Cl. The van der Waals surface area contributed by atoms with Crippen molar-refractivity contribution >= 4 is 29.9 Å². The summed E-state index contributed by atoms with van der Waals surface area (Å²) in [4.78, 5) is 12.2. The molecule has 1 aromatic carbocycles. The number of methoxy groups -OCH3 is 1. The molecule has 0 saturated heterocycles. The van der Waals surface area contributed by atoms with E-state index in [1.54, 1.807) is 18.2 Å². The van der Waals surface area contributed by atoms with Gasteiger partial charge in [0.25, 0.3) is 5.91 Å². The molecule has 3 N–H and O–H groups in total. The van der Waals surface area contributed by atoms with Crippen LogP contribution in [0, 0.1) is 0 Å². The maximum atomic E-state index is 12.2. The third-order valence-electron chi connectivity index (χ3n) is 2.93. The van der Waals surface area contributed by atoms with Gasteiger partial charge in [-0.15, -0.1) is 12.4 Å². The van der Waals surface area contributed by atoms with Crippen molar-refractivity contribution in [3.8, 4) is 5.75 Å². The van der Waals surface area contributed by atoms with Gasteiger partial charge >= 0.3 is 0 Å². The fraction of sp³-hybridized carbons (Fsp3) is 0.500. The Morgan fingerprint density at radius 2 is 2.20 bits per heavy atom. The summed E-state index contributed by atoms with van der Waals surface area (Å²) in [5.41, 5.74) is 6.14. The second-order valence-electron chi connectivity index (χ2n) is 4.39. The molecule has 4 nitrogen and oxygen atoms in total. The van der Waals surface area contributed by atoms with E-state index in [9.17, 15) is 4.79 Å². The van der Waals surface area contributed by atoms with Crippen LogP contribution < -0.4 is 15.8 Å². The van der Waals surface area contributed by atoms with Gasteiger partial charge in [-0.1, -0.05) is 31.4 Å². The van der Waals surface area contributed by atoms with E-state index in [-0.39, 0.29) is 24.4 Å². The number of carbonyl (C=O) groups is 1. The average Bonchev–Trinajstić information content (AvgIpc) is 2.42. The Morgan fingerprint density at radius 1 is 1.50 bits per heavy atom. The third-order valence-corrected chi connectivity index (χ3v) is 3.17. The van der Waals surface area contributed by atoms with E-state index in [4.69, 9.17) is 22.1 Å². The first-order valence-corrected chi connectivity index (χ1v) is 6.84. The van der Waals surface area contributed by atoms with E-state index in [2.05, 4.69) is 12.2 Å². The molecule has 1 aromatic rings. The fourth-order valence-electron chi connectivity index (χ4n) is 1.82. The molecule has 1 rings (SSSR count). The van der Waals surface area contributed by atoms with Crippen LogP contribution in [-0.2, 0) is 0 Å². The highest BCUT2D eigenvalue weighted by Gasteiger charge is 2.16. The normalized spacial score (nSPS) is 11.4. The summed E-state index contributed by atoms with van der Waals surface area (Å²) in [6.45, 7) is 2.54. The van der Waals surface area contributed by atoms with Gasteiger partial charge in [0.15, 0.2) is 0 Å². The van der Waals surface area contributed by atoms with Crippen LogP contribution in [0.15, 0.2) is 18.2 Å². The van der Waals surface area contributed by atoms with Crippen LogP contribution in [0.5, 0.6) is 5.75 Å². The number of halogens is 2. The van der Waals surface area contributed by atoms with Crippen molar-refractivity contribution in [2.24, 2.45) is 5.73 Å². The molecule has 1 atom stereocenters. The first kappa shape index (κ1) is 19.0. The minimum absolute atomic E-state index is 0. The predicted molar refractivity (Wildman–Crippen MR) is 85.1 cm³/mol. The van der Waals surface area contributed by atoms with E-state index in [0.717, 1.165) is 19.3 Å². The van der Waals surface area contributed by atoms with Crippen molar-refractivity contribution < 1.29 is 9.53 Å². The van der Waals surface area contributed by atoms with Crippen LogP contribution in [-0.4, -0.2) is 25.6 Å². The Hall–Kier alpha value is -0.970. The number of hydrogen-bond donors (Lipinski definition) is 2. The van der Waals surface area contributed by atoms with E-state index < -0.39 is 0 Å². The minimum atomic E-state index is -0.180. The van der Waals surface area contributed by atoms with Crippen molar-refractivity contribution in [3.63, 3.8) is 0 Å². The number of nitrogens with two attached hydrogens (primary N) is 1. The van der Waals surface area contributed by atoms with Crippen molar-refractivity contribution in [1.82, 2.24) is 5.32 Å². The second-order valence-corrected chi connectivity index (χ2v) is 4.83. The lowest BCUT2D eigenvalue weighted by Gasteiger charge is -2.17. The van der Waals surface area contributed by atoms with Crippen molar-refractivity contribution in [3.05, 3.63) is 28.8 Å². The molecule has 0 fully saturated rings. The topological polar surface area (TPSA) is 64.3 Å². The molecule has 0 heterocycles. The lowest BCUT2D eigenvalue weighted by atomic mass is 10.1. The summed E-state index contributed by atoms with van der Waals surface area (Å²) < 4.78 is 5.17. The first-order chi connectivity index (χ1) is 9.12. The summed E-state index contributed by atoms with van der Waals surface area (Å²) in [5.74, 6) is 0.288. The summed E-state index contributed by atoms with van der Waals surface area (Å²) in [6, 6.07) is 4.94. The van der Waals surface area contributed by atoms with Gasteiger partial charge in [0, 0.05) is 17.6 Å². The molecule has 0 bridgehead atoms. The number of hydrogen-bond acceptors (Lipinski definition) is 3. The van der Waals surface area contributed by atoms with Gasteiger partial charge < -0.3 is 15.8 Å². The van der Waals surface area contributed by atoms with Gasteiger partial charge in [0.1, 0.15) is 5.75 Å². The molecule has 0 aliphatic heterocycles. The molecule has 0 aromatic heterocycles. The van der Waals surface area contributed by atoms with Crippen LogP contribution in [0.4, 0.5) is 0 Å². The molecule has 0 saturated carbocycles. The van der Waals surface area contributed by atoms with Gasteiger partial charge in [-0.05, 0) is 24.6 Å². The van der Waals surface area contributed by atoms with Gasteiger partial charge in [-0.3, -0.25) is 4.79 Å². The monoisotopic (exact) mass is 320 g/mol. The molecule has 0 aliphatic carbocycles. The molecule has 114 valence electrons. The highest BCUT2D eigenvalue weighted by atomic mass is 35.5. The van der Waals surface area contributed by atoms with Gasteiger partial charge in [-0.25, -0.2) is 0 Å². The Balaban J connectivity index is 0.00000361. The number of benzene rings is 1. The summed E-state index contributed by atoms with van der Waals surface area (Å²) >= 11 is 5.87. The van der Waals surface area contributed by atoms with E-state index in [1.165, 1.54) is 7.11 Å². The lowest BCUT2D eigenvalue weighted by molar-refractivity contribution is 0.0932. The summed E-state index contributed by atoms with van der Waals surface area (Å²) in [5, 5.41) is 3.46. The number of rotatable bonds is 7. The Labute approximate surface area is 131 Å². The van der Waals surface area contributed by atoms with Gasteiger partial charge in [-0.2, -0.15) is 0 Å². The molecule has 1 unspecified atom stereocenters. The smallest absolute Gasteiger partial charge is 0.255 e. The third kappa shape index (κ3) is 5.57. The van der Waals surface area contributed by atoms with Crippen LogP contribution in [0.3, 0.4) is 0 Å². The number of carbonyl (C=O) groups excluding carboxylic acids is 1. The molecule has 20 heavy (non-hydrogen) atoms. The maximum absolute atomic E-state index is 12.2. The highest BCUT2D eigenvalue weighted by Crippen LogP contribution is 2.23. The zero-order valence-electron chi connectivity index (χ0n) is 11.8. The zero-order chi connectivity index (χ0) is 14.3. The second kappa shape index (κ2) is 9.86. The highest BCUT2D eigenvalue weighted by molar-refractivity contribution is 6.30. The van der Waals surface area contributed by atoms with Crippen LogP contribution in [0.25, 0.3) is 0 Å². The number of nitrogens with one attached hydrogen (secondary N) is 1. The van der Waals surface area contributed by atoms with Gasteiger partial charge in [0.05, 0.1) is 12.7 Å². The van der Waals surface area contributed by atoms with E-state index >= 15 is 0 Å². The Bertz CT molecular complexity index is 428. The average molecular weight is 321 g/mol. The Kier molecular flexibility index (Phi) is 9.38. The molecule has 0 aliphatic rings. The summed E-state index contributed by atoms with van der Waals surface area (Å²) in [6.07, 6.45) is 3.01. The number of amides is 1. The van der Waals surface area contributed by atoms with Gasteiger partial charge in [0.2, 0.25) is 0 Å². The van der Waals surface area contributed by atoms with E-state index in [0.29, 0.717) is 22.9 Å². The molecule has 0 spiro atoms. The first-order valence-electron chi connectivity index (χ1n) is 6.46. The summed E-state index contributed by atoms with van der Waals surface area (Å²) in [7, 11) is 1.51. The molecule has 0 radical (unpaired) electrons. The lowest BCUT2D eigenvalue weighted by Crippen LogP contribution is -2.40. The molecule has 1 amide bonds. The van der Waals surface area contributed by atoms with Crippen LogP contribution in [0.2, 0.25) is 5.02 Å². The molecular weight excluding hydrogens is 299 g/mol. The maximum Gasteiger partial charge on any atom is 0.255 e. The van der Waals surface area contributed by atoms with Crippen LogP contribution >= 0.6 is 24.0 Å². The van der Waals surface area contributed by atoms with Crippen molar-refractivity contribution in [2.45, 2.75) is 32.2 Å². The number of unbranched alkanes of at least 4 members (excludes halogenated alkanes) is 1. The number of ether oxygens (including phenoxy) is 1. The largest absolute Gasteiger partial charge is 0.496 e. The predicted octanol–water partition coefficient (Wildman–Crippen LogP) is 3.02. The van der Waals surface area contributed by atoms with Crippen molar-refractivity contribution in [1.29, 1.82) is 0 Å². The van der Waals surface area contributed by atoms with Crippen LogP contribution in [0.1, 0.15) is 36.5 Å². The molecular formula is C14H22Cl2N2O2. The molecule has 6 heteroatoms. The quantitative estimate of drug-likeness (QED) is 0.811. The Morgan fingerprint density at radius 3 is 2.75 bits per heavy atom. The fourth-order valence-corrected chi connectivity index (χ4v) is 1.98. The van der Waals surface area contributed by atoms with E-state index in [1.807, 2.05) is 0 Å². The minimum Gasteiger partial charge on any atom is -0.496 e.